The first-order chi connectivity index (χ1) is 10.2. The molecule has 0 spiro atoms. The topological polar surface area (TPSA) is 29.5 Å². The second-order valence-corrected chi connectivity index (χ2v) is 6.40. The van der Waals surface area contributed by atoms with Crippen LogP contribution in [0.5, 0.6) is 5.75 Å². The van der Waals surface area contributed by atoms with Crippen LogP contribution < -0.4 is 4.74 Å². The Morgan fingerprint density at radius 2 is 2.00 bits per heavy atom. The number of carbonyl (C=O) groups is 1. The van der Waals surface area contributed by atoms with E-state index in [-0.39, 0.29) is 5.92 Å². The van der Waals surface area contributed by atoms with Gasteiger partial charge in [0, 0.05) is 23.6 Å². The maximum Gasteiger partial charge on any atom is 0.167 e. The molecule has 0 aromatic heterocycles. The minimum Gasteiger partial charge on any atom is -0.496 e. The first-order valence-electron chi connectivity index (χ1n) is 8.13. The second-order valence-electron chi connectivity index (χ2n) is 6.40. The van der Waals surface area contributed by atoms with Gasteiger partial charge in [-0.15, -0.1) is 0 Å². The molecule has 0 radical (unpaired) electrons. The number of piperidine rings is 1. The quantitative estimate of drug-likeness (QED) is 0.855. The zero-order valence-electron chi connectivity index (χ0n) is 13.2. The largest absolute Gasteiger partial charge is 0.496 e. The summed E-state index contributed by atoms with van der Waals surface area (Å²) < 4.78 is 5.44. The van der Waals surface area contributed by atoms with Gasteiger partial charge >= 0.3 is 0 Å². The molecular formula is C18H25NO2. The fourth-order valence-corrected chi connectivity index (χ4v) is 3.81. The van der Waals surface area contributed by atoms with Crippen molar-refractivity contribution in [3.8, 4) is 5.75 Å². The molecule has 21 heavy (non-hydrogen) atoms. The van der Waals surface area contributed by atoms with E-state index in [0.29, 0.717) is 5.78 Å². The van der Waals surface area contributed by atoms with Crippen molar-refractivity contribution in [1.82, 2.24) is 4.90 Å². The van der Waals surface area contributed by atoms with E-state index in [0.717, 1.165) is 54.9 Å². The SMILES string of the molecule is COc1ccc(C)c2c1CCC(CN1CCCCC1)C2=O. The smallest absolute Gasteiger partial charge is 0.167 e. The third-order valence-corrected chi connectivity index (χ3v) is 4.99. The van der Waals surface area contributed by atoms with Gasteiger partial charge in [-0.25, -0.2) is 0 Å². The van der Waals surface area contributed by atoms with Crippen LogP contribution in [0.4, 0.5) is 0 Å². The highest BCUT2D eigenvalue weighted by Gasteiger charge is 2.32. The Morgan fingerprint density at radius 3 is 2.71 bits per heavy atom. The summed E-state index contributed by atoms with van der Waals surface area (Å²) in [5.74, 6) is 1.38. The molecule has 0 bridgehead atoms. The molecule has 2 aliphatic rings. The normalized spacial score (nSPS) is 23.0. The lowest BCUT2D eigenvalue weighted by Gasteiger charge is -2.32. The van der Waals surface area contributed by atoms with E-state index in [4.69, 9.17) is 4.74 Å². The summed E-state index contributed by atoms with van der Waals surface area (Å²) in [4.78, 5) is 15.4. The number of methoxy groups -OCH3 is 1. The van der Waals surface area contributed by atoms with E-state index < -0.39 is 0 Å². The van der Waals surface area contributed by atoms with Crippen LogP contribution in [0.2, 0.25) is 0 Å². The van der Waals surface area contributed by atoms with Crippen LogP contribution in [-0.4, -0.2) is 37.4 Å². The highest BCUT2D eigenvalue weighted by atomic mass is 16.5. The van der Waals surface area contributed by atoms with Crippen LogP contribution in [-0.2, 0) is 6.42 Å². The van der Waals surface area contributed by atoms with Gasteiger partial charge in [-0.1, -0.05) is 12.5 Å². The highest BCUT2D eigenvalue weighted by Crippen LogP contribution is 2.34. The lowest BCUT2D eigenvalue weighted by Crippen LogP contribution is -2.38. The Balaban J connectivity index is 1.81. The molecule has 3 rings (SSSR count). The van der Waals surface area contributed by atoms with Gasteiger partial charge in [-0.05, 0) is 57.3 Å². The molecule has 1 fully saturated rings. The van der Waals surface area contributed by atoms with Crippen molar-refractivity contribution in [3.63, 3.8) is 0 Å². The minimum absolute atomic E-state index is 0.168. The van der Waals surface area contributed by atoms with E-state index >= 15 is 0 Å². The van der Waals surface area contributed by atoms with Crippen molar-refractivity contribution in [2.75, 3.05) is 26.7 Å². The Bertz CT molecular complexity index is 532. The molecule has 1 aliphatic heterocycles. The van der Waals surface area contributed by atoms with Crippen molar-refractivity contribution < 1.29 is 9.53 Å². The lowest BCUT2D eigenvalue weighted by molar-refractivity contribution is 0.0843. The molecule has 114 valence electrons. The molecule has 1 heterocycles. The Hall–Kier alpha value is -1.35. The van der Waals surface area contributed by atoms with Crippen molar-refractivity contribution in [2.45, 2.75) is 39.0 Å². The van der Waals surface area contributed by atoms with Gasteiger partial charge in [0.2, 0.25) is 0 Å². The summed E-state index contributed by atoms with van der Waals surface area (Å²) >= 11 is 0. The molecule has 0 N–H and O–H groups in total. The van der Waals surface area contributed by atoms with E-state index in [9.17, 15) is 4.79 Å². The number of likely N-dealkylation sites (tertiary alicyclic amines) is 1. The van der Waals surface area contributed by atoms with Gasteiger partial charge in [-0.2, -0.15) is 0 Å². The average molecular weight is 287 g/mol. The molecule has 1 aliphatic carbocycles. The fourth-order valence-electron chi connectivity index (χ4n) is 3.81. The number of benzene rings is 1. The van der Waals surface area contributed by atoms with Crippen molar-refractivity contribution in [2.24, 2.45) is 5.92 Å². The van der Waals surface area contributed by atoms with Crippen molar-refractivity contribution in [3.05, 3.63) is 28.8 Å². The Kier molecular flexibility index (Phi) is 4.29. The predicted octanol–water partition coefficient (Wildman–Crippen LogP) is 3.23. The molecule has 0 amide bonds. The molecule has 1 atom stereocenters. The summed E-state index contributed by atoms with van der Waals surface area (Å²) in [6.45, 7) is 5.30. The molecule has 1 saturated heterocycles. The van der Waals surface area contributed by atoms with E-state index in [1.165, 1.54) is 19.3 Å². The van der Waals surface area contributed by atoms with Gasteiger partial charge in [0.15, 0.2) is 5.78 Å². The van der Waals surface area contributed by atoms with Crippen molar-refractivity contribution in [1.29, 1.82) is 0 Å². The van der Waals surface area contributed by atoms with Crippen molar-refractivity contribution >= 4 is 5.78 Å². The molecular weight excluding hydrogens is 262 g/mol. The first-order valence-corrected chi connectivity index (χ1v) is 8.13. The van der Waals surface area contributed by atoms with Crippen LogP contribution >= 0.6 is 0 Å². The number of hydrogen-bond acceptors (Lipinski definition) is 3. The Labute approximate surface area is 127 Å². The molecule has 3 nitrogen and oxygen atoms in total. The number of fused-ring (bicyclic) bond motifs is 1. The number of Topliss-reactive ketones (excluding diaryl/α,β-unsaturated/α-hetero) is 1. The van der Waals surface area contributed by atoms with Gasteiger partial charge in [0.1, 0.15) is 5.75 Å². The number of hydrogen-bond donors (Lipinski definition) is 0. The third-order valence-electron chi connectivity index (χ3n) is 4.99. The standard InChI is InChI=1S/C18H25NO2/c1-13-6-9-16(21-2)15-8-7-14(18(20)17(13)15)12-19-10-4-3-5-11-19/h6,9,14H,3-5,7-8,10-12H2,1-2H3. The van der Waals surface area contributed by atoms with Gasteiger partial charge in [-0.3, -0.25) is 4.79 Å². The van der Waals surface area contributed by atoms with Crippen LogP contribution in [0.15, 0.2) is 12.1 Å². The molecule has 3 heteroatoms. The number of aryl methyl sites for hydroxylation is 1. The second kappa shape index (κ2) is 6.18. The number of ketones is 1. The zero-order valence-corrected chi connectivity index (χ0v) is 13.2. The summed E-state index contributed by atoms with van der Waals surface area (Å²) in [6.07, 6.45) is 5.83. The van der Waals surface area contributed by atoms with Gasteiger partial charge in [0.25, 0.3) is 0 Å². The summed E-state index contributed by atoms with van der Waals surface area (Å²) in [5, 5.41) is 0. The van der Waals surface area contributed by atoms with Crippen LogP contribution in [0.1, 0.15) is 47.2 Å². The highest BCUT2D eigenvalue weighted by molar-refractivity contribution is 6.02. The monoisotopic (exact) mass is 287 g/mol. The average Bonchev–Trinajstić information content (AvgIpc) is 2.51. The van der Waals surface area contributed by atoms with E-state index in [1.54, 1.807) is 7.11 Å². The predicted molar refractivity (Wildman–Crippen MR) is 84.2 cm³/mol. The molecule has 1 aromatic rings. The third kappa shape index (κ3) is 2.84. The lowest BCUT2D eigenvalue weighted by atomic mass is 9.80. The van der Waals surface area contributed by atoms with Gasteiger partial charge in [0.05, 0.1) is 7.11 Å². The van der Waals surface area contributed by atoms with Gasteiger partial charge < -0.3 is 9.64 Å². The van der Waals surface area contributed by atoms with Crippen LogP contribution in [0.3, 0.4) is 0 Å². The maximum atomic E-state index is 12.9. The molecule has 0 saturated carbocycles. The Morgan fingerprint density at radius 1 is 1.24 bits per heavy atom. The maximum absolute atomic E-state index is 12.9. The summed E-state index contributed by atoms with van der Waals surface area (Å²) in [5.41, 5.74) is 3.15. The molecule has 1 aromatic carbocycles. The number of ether oxygens (including phenoxy) is 1. The first kappa shape index (κ1) is 14.6. The minimum atomic E-state index is 0.168. The van der Waals surface area contributed by atoms with Crippen LogP contribution in [0.25, 0.3) is 0 Å². The number of rotatable bonds is 3. The molecule has 1 unspecified atom stereocenters. The van der Waals surface area contributed by atoms with E-state index in [2.05, 4.69) is 4.90 Å². The fraction of sp³-hybridized carbons (Fsp3) is 0.611. The van der Waals surface area contributed by atoms with E-state index in [1.807, 2.05) is 19.1 Å². The van der Waals surface area contributed by atoms with Crippen LogP contribution in [0, 0.1) is 12.8 Å². The summed E-state index contributed by atoms with van der Waals surface area (Å²) in [6, 6.07) is 4.01. The zero-order chi connectivity index (χ0) is 14.8. The number of carbonyl (C=O) groups excluding carboxylic acids is 1. The number of nitrogens with zero attached hydrogens (tertiary/aromatic N) is 1. The summed E-state index contributed by atoms with van der Waals surface area (Å²) in [7, 11) is 1.69.